The van der Waals surface area contributed by atoms with Crippen molar-refractivity contribution in [3.8, 4) is 22.6 Å². The molecule has 0 aliphatic rings. The summed E-state index contributed by atoms with van der Waals surface area (Å²) in [5, 5.41) is 0. The van der Waals surface area contributed by atoms with E-state index in [4.69, 9.17) is 9.47 Å². The number of benzene rings is 2. The van der Waals surface area contributed by atoms with Crippen LogP contribution in [0.3, 0.4) is 0 Å². The largest absolute Gasteiger partial charge is 0.495 e. The van der Waals surface area contributed by atoms with Crippen LogP contribution in [0.4, 0.5) is 0 Å². The number of hydrogen-bond donors (Lipinski definition) is 0. The molecule has 1 heterocycles. The monoisotopic (exact) mass is 319 g/mol. The predicted octanol–water partition coefficient (Wildman–Crippen LogP) is 4.15. The summed E-state index contributed by atoms with van der Waals surface area (Å²) in [6, 6.07) is 17.1. The quantitative estimate of drug-likeness (QED) is 0.640. The Kier molecular flexibility index (Phi) is 4.87. The van der Waals surface area contributed by atoms with Gasteiger partial charge in [-0.15, -0.1) is 0 Å². The predicted molar refractivity (Wildman–Crippen MR) is 92.4 cm³/mol. The summed E-state index contributed by atoms with van der Waals surface area (Å²) >= 11 is 0. The fourth-order valence-corrected chi connectivity index (χ4v) is 2.38. The summed E-state index contributed by atoms with van der Waals surface area (Å²) in [6.45, 7) is 0.424. The van der Waals surface area contributed by atoms with Crippen LogP contribution >= 0.6 is 0 Å². The van der Waals surface area contributed by atoms with Crippen molar-refractivity contribution in [1.29, 1.82) is 0 Å². The van der Waals surface area contributed by atoms with Gasteiger partial charge in [0, 0.05) is 22.9 Å². The Morgan fingerprint density at radius 2 is 1.88 bits per heavy atom. The number of aromatic nitrogens is 1. The zero-order valence-corrected chi connectivity index (χ0v) is 13.3. The van der Waals surface area contributed by atoms with Crippen LogP contribution in [0.25, 0.3) is 11.1 Å². The van der Waals surface area contributed by atoms with E-state index in [-0.39, 0.29) is 0 Å². The minimum atomic E-state index is 0.424. The highest BCUT2D eigenvalue weighted by molar-refractivity contribution is 5.80. The summed E-state index contributed by atoms with van der Waals surface area (Å²) in [6.07, 6.45) is 4.20. The first kappa shape index (κ1) is 15.7. The molecular weight excluding hydrogens is 302 g/mol. The molecule has 0 N–H and O–H groups in total. The summed E-state index contributed by atoms with van der Waals surface area (Å²) in [4.78, 5) is 15.3. The minimum Gasteiger partial charge on any atom is -0.495 e. The lowest BCUT2D eigenvalue weighted by Gasteiger charge is -2.13. The van der Waals surface area contributed by atoms with Gasteiger partial charge >= 0.3 is 0 Å². The fraction of sp³-hybridized carbons (Fsp3) is 0.100. The van der Waals surface area contributed by atoms with Crippen molar-refractivity contribution < 1.29 is 14.3 Å². The minimum absolute atomic E-state index is 0.424. The van der Waals surface area contributed by atoms with Crippen LogP contribution in [0.1, 0.15) is 15.9 Å². The number of aldehydes is 1. The van der Waals surface area contributed by atoms with Gasteiger partial charge in [0.05, 0.1) is 13.3 Å². The van der Waals surface area contributed by atoms with Crippen LogP contribution in [-0.2, 0) is 6.61 Å². The van der Waals surface area contributed by atoms with Gasteiger partial charge in [-0.25, -0.2) is 0 Å². The number of carbonyl (C=O) groups is 1. The van der Waals surface area contributed by atoms with Crippen molar-refractivity contribution >= 4 is 6.29 Å². The smallest absolute Gasteiger partial charge is 0.150 e. The molecule has 0 saturated heterocycles. The second-order valence-corrected chi connectivity index (χ2v) is 5.26. The molecular formula is C20H17NO3. The molecule has 24 heavy (non-hydrogen) atoms. The van der Waals surface area contributed by atoms with Crippen molar-refractivity contribution in [2.45, 2.75) is 6.61 Å². The molecule has 4 nitrogen and oxygen atoms in total. The van der Waals surface area contributed by atoms with Crippen molar-refractivity contribution in [3.63, 3.8) is 0 Å². The molecule has 3 aromatic rings. The molecule has 0 aliphatic carbocycles. The number of nitrogens with zero attached hydrogens (tertiary/aromatic N) is 1. The average molecular weight is 319 g/mol. The van der Waals surface area contributed by atoms with Crippen molar-refractivity contribution in [2.24, 2.45) is 0 Å². The van der Waals surface area contributed by atoms with E-state index in [1.165, 1.54) is 0 Å². The first-order valence-corrected chi connectivity index (χ1v) is 7.55. The van der Waals surface area contributed by atoms with Crippen LogP contribution in [0.5, 0.6) is 11.5 Å². The number of carbonyl (C=O) groups excluding carboxylic acids is 1. The Hall–Kier alpha value is -3.14. The summed E-state index contributed by atoms with van der Waals surface area (Å²) in [5.74, 6) is 1.31. The highest BCUT2D eigenvalue weighted by Crippen LogP contribution is 2.32. The maximum absolute atomic E-state index is 11.1. The van der Waals surface area contributed by atoms with Gasteiger partial charge in [0.15, 0.2) is 0 Å². The second kappa shape index (κ2) is 7.42. The molecule has 0 aliphatic heterocycles. The van der Waals surface area contributed by atoms with E-state index in [0.717, 1.165) is 23.0 Å². The normalized spacial score (nSPS) is 10.2. The molecule has 1 aromatic heterocycles. The lowest BCUT2D eigenvalue weighted by atomic mass is 10.0. The van der Waals surface area contributed by atoms with Crippen LogP contribution in [-0.4, -0.2) is 18.4 Å². The van der Waals surface area contributed by atoms with E-state index >= 15 is 0 Å². The Balaban J connectivity index is 1.94. The molecule has 0 amide bonds. The van der Waals surface area contributed by atoms with Gasteiger partial charge < -0.3 is 9.47 Å². The van der Waals surface area contributed by atoms with E-state index in [1.54, 1.807) is 31.6 Å². The fourth-order valence-electron chi connectivity index (χ4n) is 2.38. The van der Waals surface area contributed by atoms with Gasteiger partial charge in [0.1, 0.15) is 24.4 Å². The topological polar surface area (TPSA) is 48.4 Å². The molecule has 4 heteroatoms. The number of hydrogen-bond acceptors (Lipinski definition) is 4. The van der Waals surface area contributed by atoms with Crippen LogP contribution in [0.15, 0.2) is 67.0 Å². The van der Waals surface area contributed by atoms with E-state index in [2.05, 4.69) is 4.98 Å². The number of methoxy groups -OCH3 is 1. The Labute approximate surface area is 140 Å². The van der Waals surface area contributed by atoms with E-state index < -0.39 is 0 Å². The van der Waals surface area contributed by atoms with Crippen LogP contribution < -0.4 is 9.47 Å². The van der Waals surface area contributed by atoms with E-state index in [1.807, 2.05) is 42.5 Å². The standard InChI is InChI=1S/C20H17NO3/c1-23-18-10-17(11-21-12-18)19-8-7-16(13-22)9-20(19)24-14-15-5-3-2-4-6-15/h2-13H,14H2,1H3. The highest BCUT2D eigenvalue weighted by Gasteiger charge is 2.10. The third kappa shape index (κ3) is 3.60. The Morgan fingerprint density at radius 1 is 1.04 bits per heavy atom. The Morgan fingerprint density at radius 3 is 2.62 bits per heavy atom. The second-order valence-electron chi connectivity index (χ2n) is 5.26. The van der Waals surface area contributed by atoms with Gasteiger partial charge in [0.2, 0.25) is 0 Å². The highest BCUT2D eigenvalue weighted by atomic mass is 16.5. The zero-order valence-electron chi connectivity index (χ0n) is 13.3. The Bertz CT molecular complexity index is 831. The van der Waals surface area contributed by atoms with E-state index in [0.29, 0.717) is 23.7 Å². The molecule has 0 saturated carbocycles. The van der Waals surface area contributed by atoms with Gasteiger partial charge in [-0.1, -0.05) is 36.4 Å². The maximum Gasteiger partial charge on any atom is 0.150 e. The van der Waals surface area contributed by atoms with Gasteiger partial charge in [0.25, 0.3) is 0 Å². The molecule has 0 atom stereocenters. The number of ether oxygens (including phenoxy) is 2. The summed E-state index contributed by atoms with van der Waals surface area (Å²) in [7, 11) is 1.60. The molecule has 120 valence electrons. The van der Waals surface area contributed by atoms with Crippen molar-refractivity contribution in [2.75, 3.05) is 7.11 Å². The summed E-state index contributed by atoms with van der Waals surface area (Å²) in [5.41, 5.74) is 3.36. The molecule has 0 spiro atoms. The van der Waals surface area contributed by atoms with Crippen LogP contribution in [0, 0.1) is 0 Å². The van der Waals surface area contributed by atoms with E-state index in [9.17, 15) is 4.79 Å². The third-order valence-corrected chi connectivity index (χ3v) is 3.64. The molecule has 3 rings (SSSR count). The zero-order chi connectivity index (χ0) is 16.8. The third-order valence-electron chi connectivity index (χ3n) is 3.64. The van der Waals surface area contributed by atoms with Crippen LogP contribution in [0.2, 0.25) is 0 Å². The maximum atomic E-state index is 11.1. The SMILES string of the molecule is COc1cncc(-c2ccc(C=O)cc2OCc2ccccc2)c1. The first-order valence-electron chi connectivity index (χ1n) is 7.55. The molecule has 2 aromatic carbocycles. The number of rotatable bonds is 6. The van der Waals surface area contributed by atoms with Gasteiger partial charge in [-0.2, -0.15) is 0 Å². The first-order chi connectivity index (χ1) is 11.8. The van der Waals surface area contributed by atoms with Crippen molar-refractivity contribution in [3.05, 3.63) is 78.1 Å². The summed E-state index contributed by atoms with van der Waals surface area (Å²) < 4.78 is 11.2. The van der Waals surface area contributed by atoms with Crippen molar-refractivity contribution in [1.82, 2.24) is 4.98 Å². The van der Waals surface area contributed by atoms with Gasteiger partial charge in [-0.3, -0.25) is 9.78 Å². The molecule has 0 fully saturated rings. The molecule has 0 bridgehead atoms. The lowest BCUT2D eigenvalue weighted by molar-refractivity contribution is 0.112. The lowest BCUT2D eigenvalue weighted by Crippen LogP contribution is -1.98. The van der Waals surface area contributed by atoms with Gasteiger partial charge in [-0.05, 0) is 23.8 Å². The molecule has 0 unspecified atom stereocenters. The number of pyridine rings is 1. The molecule has 0 radical (unpaired) electrons. The average Bonchev–Trinajstić information content (AvgIpc) is 2.67.